The predicted octanol–water partition coefficient (Wildman–Crippen LogP) is -2.87. The molecule has 0 unspecified atom stereocenters. The van der Waals surface area contributed by atoms with Crippen molar-refractivity contribution in [3.05, 3.63) is 0 Å². The first-order chi connectivity index (χ1) is 3.00. The van der Waals surface area contributed by atoms with E-state index in [0.29, 0.717) is 0 Å². The van der Waals surface area contributed by atoms with E-state index >= 15 is 0 Å². The molecule has 0 amide bonds. The fraction of sp³-hybridized carbons (Fsp3) is 0. The van der Waals surface area contributed by atoms with Gasteiger partial charge in [-0.1, -0.05) is 0 Å². The monoisotopic (exact) mass is 242 g/mol. The number of hydrogen-bond acceptors (Lipinski definition) is 3. The zero-order valence-electron chi connectivity index (χ0n) is 2.88. The van der Waals surface area contributed by atoms with Gasteiger partial charge in [0.1, 0.15) is 0 Å². The molecule has 56 valence electrons. The van der Waals surface area contributed by atoms with E-state index in [1.54, 1.807) is 0 Å². The summed E-state index contributed by atoms with van der Waals surface area (Å²) in [7, 11) is -4.67. The molecule has 0 heterocycles. The van der Waals surface area contributed by atoms with Gasteiger partial charge in [0.15, 0.2) is 17.4 Å². The van der Waals surface area contributed by atoms with E-state index in [0.717, 1.165) is 0 Å². The van der Waals surface area contributed by atoms with E-state index < -0.39 is 10.4 Å². The topological polar surface area (TPSA) is 91.7 Å². The Hall–Kier alpha value is 1.98. The van der Waals surface area contributed by atoms with Crippen LogP contribution in [0.2, 0.25) is 0 Å². The first-order valence-corrected chi connectivity index (χ1v) is 2.69. The molecule has 0 atom stereocenters. The van der Waals surface area contributed by atoms with Gasteiger partial charge in [-0.25, -0.2) is 0 Å². The van der Waals surface area contributed by atoms with Crippen molar-refractivity contribution in [2.24, 2.45) is 0 Å². The minimum atomic E-state index is -4.67. The summed E-state index contributed by atoms with van der Waals surface area (Å²) in [6, 6.07) is 0. The van der Waals surface area contributed by atoms with Crippen molar-refractivity contribution in [2.75, 3.05) is 0 Å². The van der Waals surface area contributed by atoms with Crippen molar-refractivity contribution in [2.45, 2.75) is 0 Å². The molecule has 0 aliphatic heterocycles. The molecule has 2 N–H and O–H groups in total. The predicted molar refractivity (Wildman–Crippen MR) is 33.3 cm³/mol. The molecular formula is H7AlCaFeO5S. The number of rotatable bonds is 0. The van der Waals surface area contributed by atoms with Crippen molar-refractivity contribution in [1.82, 2.24) is 0 Å². The standard InChI is InChI=1S/Al.Ca.Fe.H2O4S.O.5H/c;;;1-5(2,3)4;;;;;;/h;;;(H2,1,2,3,4);;;;;;. The summed E-state index contributed by atoms with van der Waals surface area (Å²) < 4.78 is 39.6. The third kappa shape index (κ3) is 162. The van der Waals surface area contributed by atoms with Crippen molar-refractivity contribution in [3.63, 3.8) is 0 Å². The molecule has 0 saturated heterocycles. The Morgan fingerprint density at radius 3 is 1.11 bits per heavy atom. The fourth-order valence-electron chi connectivity index (χ4n) is 0. The Kier molecular flexibility index (Phi) is 31.5. The van der Waals surface area contributed by atoms with Crippen LogP contribution in [-0.4, -0.2) is 72.6 Å². The van der Waals surface area contributed by atoms with Gasteiger partial charge >= 0.3 is 67.9 Å². The van der Waals surface area contributed by atoms with Gasteiger partial charge in [0.25, 0.3) is 0 Å². The summed E-state index contributed by atoms with van der Waals surface area (Å²) >= 11 is 2.00. The van der Waals surface area contributed by atoms with Gasteiger partial charge in [-0.3, -0.25) is 9.11 Å². The van der Waals surface area contributed by atoms with Crippen LogP contribution in [0.5, 0.6) is 0 Å². The van der Waals surface area contributed by atoms with Gasteiger partial charge in [-0.15, -0.1) is 0 Å². The van der Waals surface area contributed by atoms with Crippen molar-refractivity contribution in [3.8, 4) is 0 Å². The normalized spacial score (nSPS) is 7.00. The molecule has 0 aromatic rings. The molecule has 5 nitrogen and oxygen atoms in total. The first kappa shape index (κ1) is 22.4. The van der Waals surface area contributed by atoms with Crippen LogP contribution in [0.1, 0.15) is 0 Å². The maximum absolute atomic E-state index is 8.74. The van der Waals surface area contributed by atoms with Gasteiger partial charge < -0.3 is 0 Å². The van der Waals surface area contributed by atoms with Gasteiger partial charge in [0.2, 0.25) is 0 Å². The van der Waals surface area contributed by atoms with E-state index in [2.05, 4.69) is 0 Å². The van der Waals surface area contributed by atoms with Crippen LogP contribution in [0.25, 0.3) is 0 Å². The van der Waals surface area contributed by atoms with Crippen molar-refractivity contribution in [1.29, 1.82) is 0 Å². The average molecular weight is 242 g/mol. The Bertz CT molecular complexity index is 111. The van der Waals surface area contributed by atoms with Crippen LogP contribution in [0.3, 0.4) is 0 Å². The molecule has 9 heteroatoms. The van der Waals surface area contributed by atoms with E-state index in [1.807, 2.05) is 15.9 Å². The second-order valence-electron chi connectivity index (χ2n) is 0.448. The first-order valence-electron chi connectivity index (χ1n) is 0.843. The van der Waals surface area contributed by atoms with Crippen molar-refractivity contribution >= 4 is 65.5 Å². The molecule has 0 aromatic heterocycles. The average Bonchev–Trinajstić information content (AvgIpc) is 1.36. The molecule has 0 spiro atoms. The minimum absolute atomic E-state index is 0. The van der Waals surface area contributed by atoms with Gasteiger partial charge in [-0.2, -0.15) is 8.42 Å². The summed E-state index contributed by atoms with van der Waals surface area (Å²) in [5.74, 6) is 0. The Balaban J connectivity index is -0.0000000286. The van der Waals surface area contributed by atoms with Crippen LogP contribution >= 0.6 is 0 Å². The van der Waals surface area contributed by atoms with Crippen LogP contribution in [0.15, 0.2) is 0 Å². The molecule has 0 saturated carbocycles. The van der Waals surface area contributed by atoms with Crippen LogP contribution < -0.4 is 0 Å². The van der Waals surface area contributed by atoms with E-state index in [9.17, 15) is 0 Å². The van der Waals surface area contributed by atoms with Gasteiger partial charge in [-0.05, 0) is 0 Å². The number of hydrogen-bond donors (Lipinski definition) is 2. The summed E-state index contributed by atoms with van der Waals surface area (Å²) in [6.45, 7) is 0. The molecule has 0 radical (unpaired) electrons. The molecule has 9 heavy (non-hydrogen) atoms. The summed E-state index contributed by atoms with van der Waals surface area (Å²) in [4.78, 5) is 0. The summed E-state index contributed by atoms with van der Waals surface area (Å²) in [5, 5.41) is 0. The second kappa shape index (κ2) is 12.6. The van der Waals surface area contributed by atoms with Gasteiger partial charge in [0, 0.05) is 0 Å². The molecule has 0 rings (SSSR count). The molecule has 0 aliphatic carbocycles. The van der Waals surface area contributed by atoms with Crippen LogP contribution in [0, 0.1) is 0 Å². The Morgan fingerprint density at radius 1 is 1.11 bits per heavy atom. The van der Waals surface area contributed by atoms with Crippen LogP contribution in [0.4, 0.5) is 0 Å². The third-order valence-electron chi connectivity index (χ3n) is 0. The fourth-order valence-corrected chi connectivity index (χ4v) is 0. The SMILES string of the molecule is O=S(=O)(O)O.[AlH3].[CaH2].[O]=[Fe]. The summed E-state index contributed by atoms with van der Waals surface area (Å²) in [5.41, 5.74) is 0. The zero-order chi connectivity index (χ0) is 6.50. The maximum atomic E-state index is 8.74. The molecule has 0 aliphatic rings. The van der Waals surface area contributed by atoms with Crippen LogP contribution in [-0.2, 0) is 30.2 Å². The summed E-state index contributed by atoms with van der Waals surface area (Å²) in [6.07, 6.45) is 0. The quantitative estimate of drug-likeness (QED) is 0.352. The zero-order valence-corrected chi connectivity index (χ0v) is 4.80. The molecular weight excluding hydrogens is 235 g/mol. The van der Waals surface area contributed by atoms with Crippen molar-refractivity contribution < 1.29 is 37.3 Å². The van der Waals surface area contributed by atoms with Gasteiger partial charge in [0.05, 0.1) is 0 Å². The van der Waals surface area contributed by atoms with E-state index in [4.69, 9.17) is 21.4 Å². The second-order valence-corrected chi connectivity index (χ2v) is 1.34. The molecule has 0 fully saturated rings. The third-order valence-corrected chi connectivity index (χ3v) is 0. The molecule has 0 aromatic carbocycles. The Labute approximate surface area is 101 Å². The molecule has 0 bridgehead atoms. The van der Waals surface area contributed by atoms with E-state index in [-0.39, 0.29) is 55.1 Å². The van der Waals surface area contributed by atoms with E-state index in [1.165, 1.54) is 0 Å². The Morgan fingerprint density at radius 2 is 1.11 bits per heavy atom.